The molecule has 0 saturated heterocycles. The largest absolute Gasteiger partial charge is 0.492 e. The molecule has 5 nitrogen and oxygen atoms in total. The average Bonchev–Trinajstić information content (AvgIpc) is 2.95. The molecule has 0 saturated carbocycles. The number of rotatable bonds is 4. The van der Waals surface area contributed by atoms with E-state index in [1.807, 2.05) is 30.3 Å². The molecule has 0 atom stereocenters. The lowest BCUT2D eigenvalue weighted by Gasteiger charge is -2.09. The number of halogens is 1. The standard InChI is InChI=1S/C13H11FN4OS/c14-6-10-11(20-7-9-4-2-1-3-5-9)12(19)18-13(17-10)15-8-16-18/h1-5,8,19H,6-7H2. The van der Waals surface area contributed by atoms with Gasteiger partial charge in [0.15, 0.2) is 0 Å². The smallest absolute Gasteiger partial charge is 0.255 e. The van der Waals surface area contributed by atoms with Crippen LogP contribution in [0.3, 0.4) is 0 Å². The number of nitrogens with zero attached hydrogens (tertiary/aromatic N) is 4. The highest BCUT2D eigenvalue weighted by molar-refractivity contribution is 7.98. The summed E-state index contributed by atoms with van der Waals surface area (Å²) >= 11 is 1.33. The van der Waals surface area contributed by atoms with Crippen molar-refractivity contribution in [2.24, 2.45) is 0 Å². The monoisotopic (exact) mass is 290 g/mol. The van der Waals surface area contributed by atoms with E-state index in [-0.39, 0.29) is 17.4 Å². The summed E-state index contributed by atoms with van der Waals surface area (Å²) in [6, 6.07) is 9.75. The highest BCUT2D eigenvalue weighted by Crippen LogP contribution is 2.33. The molecule has 20 heavy (non-hydrogen) atoms. The predicted octanol–water partition coefficient (Wildman–Crippen LogP) is 2.59. The van der Waals surface area contributed by atoms with Gasteiger partial charge in [0.1, 0.15) is 13.0 Å². The molecule has 3 rings (SSSR count). The van der Waals surface area contributed by atoms with Crippen molar-refractivity contribution in [2.75, 3.05) is 0 Å². The number of fused-ring (bicyclic) bond motifs is 1. The van der Waals surface area contributed by atoms with Crippen LogP contribution in [0.2, 0.25) is 0 Å². The summed E-state index contributed by atoms with van der Waals surface area (Å²) in [5, 5.41) is 14.0. The molecule has 2 heterocycles. The van der Waals surface area contributed by atoms with Crippen molar-refractivity contribution < 1.29 is 9.50 Å². The molecular weight excluding hydrogens is 279 g/mol. The fourth-order valence-electron chi connectivity index (χ4n) is 1.83. The first-order valence-electron chi connectivity index (χ1n) is 5.94. The van der Waals surface area contributed by atoms with Gasteiger partial charge in [-0.25, -0.2) is 9.37 Å². The van der Waals surface area contributed by atoms with Crippen molar-refractivity contribution in [3.8, 4) is 5.88 Å². The van der Waals surface area contributed by atoms with Gasteiger partial charge in [-0.05, 0) is 5.56 Å². The minimum absolute atomic E-state index is 0.124. The van der Waals surface area contributed by atoms with Crippen LogP contribution in [0, 0.1) is 0 Å². The van der Waals surface area contributed by atoms with Crippen LogP contribution >= 0.6 is 11.8 Å². The van der Waals surface area contributed by atoms with Crippen LogP contribution < -0.4 is 0 Å². The van der Waals surface area contributed by atoms with Crippen LogP contribution in [0.25, 0.3) is 5.78 Å². The Kier molecular flexibility index (Phi) is 3.51. The maximum Gasteiger partial charge on any atom is 0.255 e. The molecule has 0 spiro atoms. The number of thioether (sulfide) groups is 1. The van der Waals surface area contributed by atoms with Gasteiger partial charge >= 0.3 is 0 Å². The summed E-state index contributed by atoms with van der Waals surface area (Å²) in [4.78, 5) is 8.31. The van der Waals surface area contributed by atoms with E-state index in [0.29, 0.717) is 10.6 Å². The van der Waals surface area contributed by atoms with Gasteiger partial charge < -0.3 is 5.11 Å². The minimum atomic E-state index is -0.756. The SMILES string of the molecule is Oc1c(SCc2ccccc2)c(CF)nc2ncnn12. The number of benzene rings is 1. The molecule has 0 unspecified atom stereocenters. The maximum absolute atomic E-state index is 13.1. The normalized spacial score (nSPS) is 11.1. The zero-order chi connectivity index (χ0) is 13.9. The van der Waals surface area contributed by atoms with Gasteiger partial charge in [0.05, 0.1) is 10.6 Å². The fourth-order valence-corrected chi connectivity index (χ4v) is 2.81. The van der Waals surface area contributed by atoms with Crippen molar-refractivity contribution in [1.29, 1.82) is 0 Å². The Morgan fingerprint density at radius 3 is 2.80 bits per heavy atom. The summed E-state index contributed by atoms with van der Waals surface area (Å²) in [5.74, 6) is 0.684. The van der Waals surface area contributed by atoms with Crippen LogP contribution in [0.15, 0.2) is 41.6 Å². The first-order chi connectivity index (χ1) is 9.79. The zero-order valence-electron chi connectivity index (χ0n) is 10.4. The van der Waals surface area contributed by atoms with Crippen molar-refractivity contribution >= 4 is 17.5 Å². The van der Waals surface area contributed by atoms with Crippen molar-refractivity contribution in [2.45, 2.75) is 17.3 Å². The Hall–Kier alpha value is -2.15. The van der Waals surface area contributed by atoms with E-state index < -0.39 is 6.67 Å². The molecule has 0 fully saturated rings. The molecule has 0 bridgehead atoms. The number of alkyl halides is 1. The van der Waals surface area contributed by atoms with E-state index in [1.165, 1.54) is 22.6 Å². The van der Waals surface area contributed by atoms with Crippen molar-refractivity contribution in [3.63, 3.8) is 0 Å². The van der Waals surface area contributed by atoms with Crippen LogP contribution in [-0.4, -0.2) is 24.7 Å². The minimum Gasteiger partial charge on any atom is -0.492 e. The number of hydrogen-bond acceptors (Lipinski definition) is 5. The lowest BCUT2D eigenvalue weighted by atomic mass is 10.2. The molecular formula is C13H11FN4OS. The third-order valence-electron chi connectivity index (χ3n) is 2.78. The second-order valence-electron chi connectivity index (χ2n) is 4.09. The number of hydrogen-bond donors (Lipinski definition) is 1. The lowest BCUT2D eigenvalue weighted by Crippen LogP contribution is -2.00. The number of aromatic hydroxyl groups is 1. The summed E-state index contributed by atoms with van der Waals surface area (Å²) in [6.07, 6.45) is 1.27. The van der Waals surface area contributed by atoms with Gasteiger partial charge in [-0.3, -0.25) is 0 Å². The Morgan fingerprint density at radius 2 is 2.05 bits per heavy atom. The maximum atomic E-state index is 13.1. The van der Waals surface area contributed by atoms with Crippen molar-refractivity contribution in [3.05, 3.63) is 47.9 Å². The highest BCUT2D eigenvalue weighted by atomic mass is 32.2. The van der Waals surface area contributed by atoms with Crippen LogP contribution in [0.4, 0.5) is 4.39 Å². The summed E-state index contributed by atoms with van der Waals surface area (Å²) in [7, 11) is 0. The molecule has 0 amide bonds. The molecule has 102 valence electrons. The first kappa shape index (κ1) is 12.9. The molecule has 0 aliphatic carbocycles. The summed E-state index contributed by atoms with van der Waals surface area (Å²) in [5.41, 5.74) is 1.27. The Bertz CT molecular complexity index is 732. The Labute approximate surface area is 118 Å². The van der Waals surface area contributed by atoms with Gasteiger partial charge in [0.2, 0.25) is 5.88 Å². The van der Waals surface area contributed by atoms with Crippen LogP contribution in [0.5, 0.6) is 5.88 Å². The van der Waals surface area contributed by atoms with Crippen molar-refractivity contribution in [1.82, 2.24) is 19.6 Å². The third-order valence-corrected chi connectivity index (χ3v) is 3.97. The Morgan fingerprint density at radius 1 is 1.25 bits per heavy atom. The zero-order valence-corrected chi connectivity index (χ0v) is 11.2. The summed E-state index contributed by atoms with van der Waals surface area (Å²) < 4.78 is 14.3. The second-order valence-corrected chi connectivity index (χ2v) is 5.08. The van der Waals surface area contributed by atoms with E-state index >= 15 is 0 Å². The van der Waals surface area contributed by atoms with E-state index in [4.69, 9.17) is 0 Å². The number of aromatic nitrogens is 4. The molecule has 0 radical (unpaired) electrons. The highest BCUT2D eigenvalue weighted by Gasteiger charge is 2.16. The molecule has 0 aliphatic rings. The van der Waals surface area contributed by atoms with E-state index in [2.05, 4.69) is 15.1 Å². The second kappa shape index (κ2) is 5.46. The van der Waals surface area contributed by atoms with Gasteiger partial charge in [-0.15, -0.1) is 11.8 Å². The third kappa shape index (κ3) is 2.32. The van der Waals surface area contributed by atoms with Gasteiger partial charge in [-0.2, -0.15) is 14.6 Å². The van der Waals surface area contributed by atoms with Gasteiger partial charge in [0.25, 0.3) is 5.78 Å². The molecule has 1 N–H and O–H groups in total. The quantitative estimate of drug-likeness (QED) is 0.748. The lowest BCUT2D eigenvalue weighted by molar-refractivity contribution is 0.407. The summed E-state index contributed by atoms with van der Waals surface area (Å²) in [6.45, 7) is -0.756. The van der Waals surface area contributed by atoms with E-state index in [1.54, 1.807) is 0 Å². The van der Waals surface area contributed by atoms with Gasteiger partial charge in [-0.1, -0.05) is 30.3 Å². The molecule has 3 aromatic rings. The average molecular weight is 290 g/mol. The van der Waals surface area contributed by atoms with Crippen LogP contribution in [-0.2, 0) is 12.4 Å². The molecule has 1 aromatic carbocycles. The van der Waals surface area contributed by atoms with Crippen LogP contribution in [0.1, 0.15) is 11.3 Å². The van der Waals surface area contributed by atoms with E-state index in [0.717, 1.165) is 5.56 Å². The molecule has 0 aliphatic heterocycles. The van der Waals surface area contributed by atoms with Gasteiger partial charge in [0, 0.05) is 5.75 Å². The molecule has 7 heteroatoms. The Balaban J connectivity index is 1.95. The topological polar surface area (TPSA) is 63.3 Å². The predicted molar refractivity (Wildman–Crippen MR) is 73.3 cm³/mol. The fraction of sp³-hybridized carbons (Fsp3) is 0.154. The molecule has 2 aromatic heterocycles. The van der Waals surface area contributed by atoms with E-state index in [9.17, 15) is 9.50 Å². The first-order valence-corrected chi connectivity index (χ1v) is 6.92.